The molecule has 0 spiro atoms. The number of benzene rings is 1. The lowest BCUT2D eigenvalue weighted by molar-refractivity contribution is -0.125. The van der Waals surface area contributed by atoms with Crippen LogP contribution in [0.1, 0.15) is 18.4 Å². The first-order valence-corrected chi connectivity index (χ1v) is 9.96. The Morgan fingerprint density at radius 3 is 2.76 bits per heavy atom. The number of pyridine rings is 1. The van der Waals surface area contributed by atoms with Gasteiger partial charge in [-0.2, -0.15) is 0 Å². The smallest absolute Gasteiger partial charge is 0.225 e. The largest absolute Gasteiger partial charge is 0.378 e. The van der Waals surface area contributed by atoms with Gasteiger partial charge in [0.15, 0.2) is 5.65 Å². The standard InChI is InChI=1S/C22H26N6O/c1-27(2)18-7-5-16(6-8-18)13-26-22(29)17-4-3-11-28(15-17)19-12-20-21(25-14-19)24-10-9-23-20/h5-10,12,14,17H,3-4,11,13,15H2,1-2H3,(H,26,29)/t17-/m1/s1. The first-order chi connectivity index (χ1) is 14.1. The molecule has 1 fully saturated rings. The van der Waals surface area contributed by atoms with Crippen molar-refractivity contribution in [1.29, 1.82) is 0 Å². The second kappa shape index (κ2) is 8.43. The summed E-state index contributed by atoms with van der Waals surface area (Å²) >= 11 is 0. The van der Waals surface area contributed by atoms with Crippen molar-refractivity contribution in [3.8, 4) is 0 Å². The molecule has 2 aromatic heterocycles. The number of hydrogen-bond donors (Lipinski definition) is 1. The van der Waals surface area contributed by atoms with Gasteiger partial charge in [0.05, 0.1) is 17.8 Å². The van der Waals surface area contributed by atoms with Crippen molar-refractivity contribution < 1.29 is 4.79 Å². The molecular weight excluding hydrogens is 364 g/mol. The summed E-state index contributed by atoms with van der Waals surface area (Å²) in [4.78, 5) is 30.0. The molecule has 29 heavy (non-hydrogen) atoms. The van der Waals surface area contributed by atoms with Gasteiger partial charge in [-0.1, -0.05) is 12.1 Å². The molecule has 1 aliphatic heterocycles. The van der Waals surface area contributed by atoms with Crippen LogP contribution in [0, 0.1) is 5.92 Å². The van der Waals surface area contributed by atoms with Crippen LogP contribution in [0.4, 0.5) is 11.4 Å². The highest BCUT2D eigenvalue weighted by Gasteiger charge is 2.26. The zero-order valence-electron chi connectivity index (χ0n) is 16.9. The number of fused-ring (bicyclic) bond motifs is 1. The number of carbonyl (C=O) groups is 1. The monoisotopic (exact) mass is 390 g/mol. The Hall–Kier alpha value is -3.22. The average molecular weight is 390 g/mol. The fourth-order valence-electron chi connectivity index (χ4n) is 3.69. The maximum Gasteiger partial charge on any atom is 0.225 e. The van der Waals surface area contributed by atoms with Gasteiger partial charge in [-0.05, 0) is 36.6 Å². The summed E-state index contributed by atoms with van der Waals surface area (Å²) in [7, 11) is 4.03. The number of piperidine rings is 1. The van der Waals surface area contributed by atoms with Crippen LogP contribution < -0.4 is 15.1 Å². The van der Waals surface area contributed by atoms with E-state index in [4.69, 9.17) is 0 Å². The van der Waals surface area contributed by atoms with Gasteiger partial charge in [-0.25, -0.2) is 9.97 Å². The van der Waals surface area contributed by atoms with Crippen molar-refractivity contribution in [2.24, 2.45) is 5.92 Å². The second-order valence-corrected chi connectivity index (χ2v) is 7.66. The lowest BCUT2D eigenvalue weighted by Crippen LogP contribution is -2.43. The maximum atomic E-state index is 12.8. The molecule has 1 aliphatic rings. The molecule has 1 saturated heterocycles. The van der Waals surface area contributed by atoms with Crippen molar-refractivity contribution in [1.82, 2.24) is 20.3 Å². The molecule has 0 saturated carbocycles. The van der Waals surface area contributed by atoms with Crippen LogP contribution in [-0.2, 0) is 11.3 Å². The van der Waals surface area contributed by atoms with Gasteiger partial charge in [0.2, 0.25) is 5.91 Å². The number of aromatic nitrogens is 3. The molecule has 150 valence electrons. The number of nitrogens with zero attached hydrogens (tertiary/aromatic N) is 5. The number of nitrogens with one attached hydrogen (secondary N) is 1. The summed E-state index contributed by atoms with van der Waals surface area (Å²) in [6, 6.07) is 10.3. The number of carbonyl (C=O) groups excluding carboxylic acids is 1. The van der Waals surface area contributed by atoms with Gasteiger partial charge in [0.1, 0.15) is 5.52 Å². The molecule has 1 amide bonds. The third kappa shape index (κ3) is 4.45. The predicted octanol–water partition coefficient (Wildman–Crippen LogP) is 2.62. The van der Waals surface area contributed by atoms with E-state index in [9.17, 15) is 4.79 Å². The Morgan fingerprint density at radius 2 is 1.97 bits per heavy atom. The lowest BCUT2D eigenvalue weighted by Gasteiger charge is -2.33. The molecule has 1 atom stereocenters. The minimum absolute atomic E-state index is 0.0256. The molecule has 4 rings (SSSR count). The number of rotatable bonds is 5. The number of amides is 1. The molecule has 0 aliphatic carbocycles. The predicted molar refractivity (Wildman–Crippen MR) is 115 cm³/mol. The van der Waals surface area contributed by atoms with E-state index in [1.807, 2.05) is 26.4 Å². The van der Waals surface area contributed by atoms with Crippen molar-refractivity contribution >= 4 is 28.4 Å². The van der Waals surface area contributed by atoms with Crippen molar-refractivity contribution in [3.63, 3.8) is 0 Å². The Balaban J connectivity index is 1.37. The molecule has 1 aromatic carbocycles. The summed E-state index contributed by atoms with van der Waals surface area (Å²) in [6.07, 6.45) is 7.02. The van der Waals surface area contributed by atoms with Crippen LogP contribution in [0.25, 0.3) is 11.2 Å². The summed E-state index contributed by atoms with van der Waals surface area (Å²) in [6.45, 7) is 2.16. The second-order valence-electron chi connectivity index (χ2n) is 7.66. The Kier molecular flexibility index (Phi) is 5.55. The fourth-order valence-corrected chi connectivity index (χ4v) is 3.69. The number of hydrogen-bond acceptors (Lipinski definition) is 6. The molecule has 0 radical (unpaired) electrons. The minimum atomic E-state index is -0.0256. The van der Waals surface area contributed by atoms with Crippen LogP contribution in [0.5, 0.6) is 0 Å². The number of anilines is 2. The van der Waals surface area contributed by atoms with Crippen molar-refractivity contribution in [2.45, 2.75) is 19.4 Å². The van der Waals surface area contributed by atoms with E-state index in [0.29, 0.717) is 18.7 Å². The Labute approximate surface area is 170 Å². The maximum absolute atomic E-state index is 12.8. The third-order valence-electron chi connectivity index (χ3n) is 5.39. The first kappa shape index (κ1) is 19.1. The molecule has 0 bridgehead atoms. The van der Waals surface area contributed by atoms with E-state index >= 15 is 0 Å². The van der Waals surface area contributed by atoms with Crippen LogP contribution in [-0.4, -0.2) is 48.0 Å². The van der Waals surface area contributed by atoms with Gasteiger partial charge in [0.25, 0.3) is 0 Å². The Morgan fingerprint density at radius 1 is 1.17 bits per heavy atom. The summed E-state index contributed by atoms with van der Waals surface area (Å²) in [5.41, 5.74) is 4.67. The van der Waals surface area contributed by atoms with Gasteiger partial charge < -0.3 is 15.1 Å². The van der Waals surface area contributed by atoms with E-state index in [2.05, 4.69) is 54.3 Å². The molecular formula is C22H26N6O. The summed E-state index contributed by atoms with van der Waals surface area (Å²) < 4.78 is 0. The topological polar surface area (TPSA) is 74.2 Å². The lowest BCUT2D eigenvalue weighted by atomic mass is 9.96. The molecule has 0 unspecified atom stereocenters. The summed E-state index contributed by atoms with van der Waals surface area (Å²) in [5.74, 6) is 0.0854. The third-order valence-corrected chi connectivity index (χ3v) is 5.39. The average Bonchev–Trinajstić information content (AvgIpc) is 2.77. The van der Waals surface area contributed by atoms with E-state index < -0.39 is 0 Å². The van der Waals surface area contributed by atoms with Gasteiger partial charge in [-0.15, -0.1) is 0 Å². The summed E-state index contributed by atoms with van der Waals surface area (Å²) in [5, 5.41) is 3.10. The highest BCUT2D eigenvalue weighted by molar-refractivity contribution is 5.80. The zero-order chi connectivity index (χ0) is 20.2. The fraction of sp³-hybridized carbons (Fsp3) is 0.364. The molecule has 1 N–H and O–H groups in total. The van der Waals surface area contributed by atoms with E-state index in [-0.39, 0.29) is 11.8 Å². The minimum Gasteiger partial charge on any atom is -0.378 e. The van der Waals surface area contributed by atoms with E-state index in [1.165, 1.54) is 0 Å². The van der Waals surface area contributed by atoms with Gasteiger partial charge in [-0.3, -0.25) is 9.78 Å². The molecule has 7 heteroatoms. The van der Waals surface area contributed by atoms with E-state index in [0.717, 1.165) is 41.8 Å². The van der Waals surface area contributed by atoms with Crippen LogP contribution in [0.2, 0.25) is 0 Å². The quantitative estimate of drug-likeness (QED) is 0.722. The molecule has 3 heterocycles. The van der Waals surface area contributed by atoms with Crippen LogP contribution in [0.15, 0.2) is 48.9 Å². The van der Waals surface area contributed by atoms with Crippen LogP contribution in [0.3, 0.4) is 0 Å². The Bertz CT molecular complexity index is 988. The van der Waals surface area contributed by atoms with Crippen molar-refractivity contribution in [3.05, 3.63) is 54.5 Å². The van der Waals surface area contributed by atoms with E-state index in [1.54, 1.807) is 12.4 Å². The van der Waals surface area contributed by atoms with Gasteiger partial charge >= 0.3 is 0 Å². The van der Waals surface area contributed by atoms with Gasteiger partial charge in [0, 0.05) is 51.8 Å². The van der Waals surface area contributed by atoms with Crippen molar-refractivity contribution in [2.75, 3.05) is 37.0 Å². The molecule has 3 aromatic rings. The van der Waals surface area contributed by atoms with Crippen LogP contribution >= 0.6 is 0 Å². The highest BCUT2D eigenvalue weighted by atomic mass is 16.1. The highest BCUT2D eigenvalue weighted by Crippen LogP contribution is 2.24. The SMILES string of the molecule is CN(C)c1ccc(CNC(=O)[C@@H]2CCCN(c3cnc4nccnc4c3)C2)cc1. The molecule has 7 nitrogen and oxygen atoms in total. The zero-order valence-corrected chi connectivity index (χ0v) is 16.9. The first-order valence-electron chi connectivity index (χ1n) is 9.96. The normalized spacial score (nSPS) is 16.6.